The first kappa shape index (κ1) is 12.9. The number of fused-ring (bicyclic) bond motifs is 1. The van der Waals surface area contributed by atoms with Gasteiger partial charge in [-0.2, -0.15) is 0 Å². The first-order valence-corrected chi connectivity index (χ1v) is 8.11. The molecule has 0 bridgehead atoms. The Morgan fingerprint density at radius 1 is 1.33 bits per heavy atom. The minimum absolute atomic E-state index is 0.528. The molecular formula is C14H20ClNOS. The predicted octanol–water partition coefficient (Wildman–Crippen LogP) is 3.80. The topological polar surface area (TPSA) is 21.3 Å². The largest absolute Gasteiger partial charge is 0.381 e. The Morgan fingerprint density at radius 3 is 3.00 bits per heavy atom. The molecular weight excluding hydrogens is 266 g/mol. The van der Waals surface area contributed by atoms with Crippen LogP contribution >= 0.6 is 22.9 Å². The van der Waals surface area contributed by atoms with E-state index in [1.165, 1.54) is 42.5 Å². The van der Waals surface area contributed by atoms with Crippen LogP contribution in [0.4, 0.5) is 0 Å². The highest BCUT2D eigenvalue weighted by Crippen LogP contribution is 2.37. The number of rotatable bonds is 3. The van der Waals surface area contributed by atoms with E-state index in [1.54, 1.807) is 11.3 Å². The average molecular weight is 286 g/mol. The standard InChI is InChI=1S/C14H20ClNOS/c15-14-8-11-12(2-1-3-13(11)18-14)16-9-10-4-6-17-7-5-10/h8,10,12,16H,1-7,9H2. The second-order valence-electron chi connectivity index (χ2n) is 5.34. The Kier molecular flexibility index (Phi) is 4.24. The van der Waals surface area contributed by atoms with Gasteiger partial charge in [0.25, 0.3) is 0 Å². The number of hydrogen-bond acceptors (Lipinski definition) is 3. The van der Waals surface area contributed by atoms with Gasteiger partial charge in [-0.3, -0.25) is 0 Å². The minimum atomic E-state index is 0.528. The number of thiophene rings is 1. The Hall–Kier alpha value is -0.0900. The molecule has 0 spiro atoms. The third kappa shape index (κ3) is 2.90. The number of halogens is 1. The maximum absolute atomic E-state index is 6.14. The zero-order valence-corrected chi connectivity index (χ0v) is 12.2. The molecule has 0 saturated carbocycles. The summed E-state index contributed by atoms with van der Waals surface area (Å²) in [6.45, 7) is 3.00. The molecule has 0 amide bonds. The van der Waals surface area contributed by atoms with Crippen molar-refractivity contribution in [3.05, 3.63) is 20.8 Å². The van der Waals surface area contributed by atoms with Crippen LogP contribution < -0.4 is 5.32 Å². The molecule has 2 heterocycles. The van der Waals surface area contributed by atoms with E-state index in [0.29, 0.717) is 6.04 Å². The number of aryl methyl sites for hydroxylation is 1. The van der Waals surface area contributed by atoms with Crippen LogP contribution in [0.5, 0.6) is 0 Å². The molecule has 1 saturated heterocycles. The van der Waals surface area contributed by atoms with Crippen molar-refractivity contribution >= 4 is 22.9 Å². The SMILES string of the molecule is Clc1cc2c(s1)CCCC2NCC1CCOCC1. The smallest absolute Gasteiger partial charge is 0.0934 e. The lowest BCUT2D eigenvalue weighted by Gasteiger charge is -2.28. The van der Waals surface area contributed by atoms with Gasteiger partial charge in [-0.1, -0.05) is 11.6 Å². The van der Waals surface area contributed by atoms with Crippen LogP contribution in [-0.4, -0.2) is 19.8 Å². The summed E-state index contributed by atoms with van der Waals surface area (Å²) in [6.07, 6.45) is 6.16. The van der Waals surface area contributed by atoms with Crippen LogP contribution in [0.2, 0.25) is 4.34 Å². The van der Waals surface area contributed by atoms with Crippen molar-refractivity contribution in [1.29, 1.82) is 0 Å². The van der Waals surface area contributed by atoms with Crippen LogP contribution in [0.25, 0.3) is 0 Å². The molecule has 18 heavy (non-hydrogen) atoms. The minimum Gasteiger partial charge on any atom is -0.381 e. The molecule has 4 heteroatoms. The number of nitrogens with one attached hydrogen (secondary N) is 1. The van der Waals surface area contributed by atoms with Gasteiger partial charge >= 0.3 is 0 Å². The van der Waals surface area contributed by atoms with Crippen molar-refractivity contribution in [2.75, 3.05) is 19.8 Å². The summed E-state index contributed by atoms with van der Waals surface area (Å²) in [6, 6.07) is 2.70. The summed E-state index contributed by atoms with van der Waals surface area (Å²) >= 11 is 7.90. The lowest BCUT2D eigenvalue weighted by atomic mass is 9.92. The van der Waals surface area contributed by atoms with Crippen molar-refractivity contribution in [1.82, 2.24) is 5.32 Å². The van der Waals surface area contributed by atoms with Crippen molar-refractivity contribution in [3.8, 4) is 0 Å². The van der Waals surface area contributed by atoms with Gasteiger partial charge in [0.05, 0.1) is 4.34 Å². The van der Waals surface area contributed by atoms with E-state index in [9.17, 15) is 0 Å². The lowest BCUT2D eigenvalue weighted by Crippen LogP contribution is -2.31. The maximum Gasteiger partial charge on any atom is 0.0934 e. The summed E-state index contributed by atoms with van der Waals surface area (Å²) in [5, 5.41) is 3.75. The van der Waals surface area contributed by atoms with E-state index in [-0.39, 0.29) is 0 Å². The fraction of sp³-hybridized carbons (Fsp3) is 0.714. The highest BCUT2D eigenvalue weighted by Gasteiger charge is 2.23. The number of ether oxygens (including phenoxy) is 1. The number of hydrogen-bond donors (Lipinski definition) is 1. The molecule has 0 aromatic carbocycles. The molecule has 2 nitrogen and oxygen atoms in total. The fourth-order valence-corrected chi connectivity index (χ4v) is 4.38. The van der Waals surface area contributed by atoms with Crippen molar-refractivity contribution in [2.45, 2.75) is 38.1 Å². The van der Waals surface area contributed by atoms with Crippen LogP contribution in [0, 0.1) is 5.92 Å². The van der Waals surface area contributed by atoms with Gasteiger partial charge in [-0.25, -0.2) is 0 Å². The van der Waals surface area contributed by atoms with Crippen LogP contribution in [-0.2, 0) is 11.2 Å². The van der Waals surface area contributed by atoms with E-state index < -0.39 is 0 Å². The molecule has 1 aliphatic heterocycles. The molecule has 1 atom stereocenters. The zero-order chi connectivity index (χ0) is 12.4. The van der Waals surface area contributed by atoms with Gasteiger partial charge in [-0.05, 0) is 56.2 Å². The maximum atomic E-state index is 6.14. The molecule has 2 aliphatic rings. The Bertz CT molecular complexity index is 400. The van der Waals surface area contributed by atoms with Gasteiger partial charge in [0.2, 0.25) is 0 Å². The molecule has 1 aromatic heterocycles. The van der Waals surface area contributed by atoms with Gasteiger partial charge in [0.15, 0.2) is 0 Å². The normalized spacial score (nSPS) is 25.1. The molecule has 1 fully saturated rings. The molecule has 1 unspecified atom stereocenters. The molecule has 3 rings (SSSR count). The Labute approximate surface area is 118 Å². The van der Waals surface area contributed by atoms with Gasteiger partial charge < -0.3 is 10.1 Å². The fourth-order valence-electron chi connectivity index (χ4n) is 2.99. The van der Waals surface area contributed by atoms with Crippen molar-refractivity contribution in [3.63, 3.8) is 0 Å². The highest BCUT2D eigenvalue weighted by molar-refractivity contribution is 7.16. The van der Waals surface area contributed by atoms with E-state index in [2.05, 4.69) is 11.4 Å². The van der Waals surface area contributed by atoms with Crippen LogP contribution in [0.1, 0.15) is 42.2 Å². The predicted molar refractivity (Wildman–Crippen MR) is 76.6 cm³/mol. The molecule has 1 N–H and O–H groups in total. The van der Waals surface area contributed by atoms with Crippen molar-refractivity contribution in [2.24, 2.45) is 5.92 Å². The van der Waals surface area contributed by atoms with Crippen LogP contribution in [0.15, 0.2) is 6.07 Å². The monoisotopic (exact) mass is 285 g/mol. The van der Waals surface area contributed by atoms with E-state index in [4.69, 9.17) is 16.3 Å². The summed E-state index contributed by atoms with van der Waals surface area (Å²) in [5.74, 6) is 0.790. The third-order valence-corrected chi connectivity index (χ3v) is 5.42. The van der Waals surface area contributed by atoms with E-state index in [1.807, 2.05) is 0 Å². The molecule has 1 aromatic rings. The highest BCUT2D eigenvalue weighted by atomic mass is 35.5. The molecule has 1 aliphatic carbocycles. The zero-order valence-electron chi connectivity index (χ0n) is 10.6. The molecule has 0 radical (unpaired) electrons. The first-order chi connectivity index (χ1) is 8.83. The summed E-state index contributed by atoms with van der Waals surface area (Å²) in [5.41, 5.74) is 1.46. The Morgan fingerprint density at radius 2 is 2.17 bits per heavy atom. The first-order valence-electron chi connectivity index (χ1n) is 6.92. The second kappa shape index (κ2) is 5.91. The average Bonchev–Trinajstić information content (AvgIpc) is 2.78. The van der Waals surface area contributed by atoms with E-state index >= 15 is 0 Å². The van der Waals surface area contributed by atoms with Gasteiger partial charge in [0.1, 0.15) is 0 Å². The van der Waals surface area contributed by atoms with Crippen molar-refractivity contribution < 1.29 is 4.74 Å². The third-order valence-electron chi connectivity index (χ3n) is 4.08. The van der Waals surface area contributed by atoms with E-state index in [0.717, 1.165) is 30.0 Å². The Balaban J connectivity index is 1.59. The molecule has 100 valence electrons. The van der Waals surface area contributed by atoms with Gasteiger partial charge in [0, 0.05) is 24.1 Å². The summed E-state index contributed by atoms with van der Waals surface area (Å²) in [4.78, 5) is 1.50. The quantitative estimate of drug-likeness (QED) is 0.912. The van der Waals surface area contributed by atoms with Gasteiger partial charge in [-0.15, -0.1) is 11.3 Å². The van der Waals surface area contributed by atoms with Crippen LogP contribution in [0.3, 0.4) is 0 Å². The second-order valence-corrected chi connectivity index (χ2v) is 7.11. The lowest BCUT2D eigenvalue weighted by molar-refractivity contribution is 0.0652. The summed E-state index contributed by atoms with van der Waals surface area (Å²) in [7, 11) is 0. The summed E-state index contributed by atoms with van der Waals surface area (Å²) < 4.78 is 6.35.